The molecule has 32 heavy (non-hydrogen) atoms. The number of hydrogen-bond acceptors (Lipinski definition) is 3. The molecule has 2 heterocycles. The zero-order valence-electron chi connectivity index (χ0n) is 18.4. The van der Waals surface area contributed by atoms with Gasteiger partial charge < -0.3 is 0 Å². The third-order valence-electron chi connectivity index (χ3n) is 8.02. The monoisotopic (exact) mass is 470 g/mol. The number of likely N-dealkylation sites (tertiary alicyclic amines) is 1. The van der Waals surface area contributed by atoms with Gasteiger partial charge in [0.05, 0.1) is 5.75 Å². The summed E-state index contributed by atoms with van der Waals surface area (Å²) >= 11 is 6.28. The zero-order chi connectivity index (χ0) is 21.9. The maximum atomic E-state index is 12.6. The van der Waals surface area contributed by atoms with Crippen LogP contribution in [0.15, 0.2) is 42.5 Å². The van der Waals surface area contributed by atoms with E-state index in [0.717, 1.165) is 30.7 Å². The van der Waals surface area contributed by atoms with Crippen LogP contribution in [0.1, 0.15) is 53.4 Å². The summed E-state index contributed by atoms with van der Waals surface area (Å²) in [5.74, 6) is 1.55. The Morgan fingerprint density at radius 1 is 1.03 bits per heavy atom. The van der Waals surface area contributed by atoms with Crippen LogP contribution in [0.25, 0.3) is 0 Å². The number of nitrogens with zero attached hydrogens (tertiary/aromatic N) is 2. The lowest BCUT2D eigenvalue weighted by Gasteiger charge is -2.40. The number of sulfonamides is 1. The predicted octanol–water partition coefficient (Wildman–Crippen LogP) is 4.44. The van der Waals surface area contributed by atoms with Gasteiger partial charge in [0, 0.05) is 36.0 Å². The molecular weight excluding hydrogens is 440 g/mol. The van der Waals surface area contributed by atoms with Gasteiger partial charge in [-0.25, -0.2) is 12.7 Å². The molecule has 0 amide bonds. The van der Waals surface area contributed by atoms with Crippen molar-refractivity contribution >= 4 is 21.6 Å². The Hall–Kier alpha value is -1.40. The van der Waals surface area contributed by atoms with Crippen molar-refractivity contribution in [3.63, 3.8) is 0 Å². The molecule has 6 heteroatoms. The van der Waals surface area contributed by atoms with Crippen molar-refractivity contribution in [3.8, 4) is 0 Å². The molecule has 0 N–H and O–H groups in total. The molecule has 4 aliphatic rings. The molecule has 4 nitrogen and oxygen atoms in total. The van der Waals surface area contributed by atoms with Gasteiger partial charge in [-0.1, -0.05) is 41.9 Å². The number of hydrogen-bond donors (Lipinski definition) is 0. The Morgan fingerprint density at radius 2 is 1.84 bits per heavy atom. The van der Waals surface area contributed by atoms with Crippen LogP contribution < -0.4 is 0 Å². The van der Waals surface area contributed by atoms with Gasteiger partial charge in [-0.3, -0.25) is 4.90 Å². The van der Waals surface area contributed by atoms with Crippen LogP contribution in [-0.4, -0.2) is 55.6 Å². The van der Waals surface area contributed by atoms with Gasteiger partial charge in [-0.15, -0.1) is 0 Å². The summed E-state index contributed by atoms with van der Waals surface area (Å²) in [7, 11) is -3.07. The van der Waals surface area contributed by atoms with Crippen LogP contribution in [0, 0.1) is 5.92 Å². The van der Waals surface area contributed by atoms with E-state index in [9.17, 15) is 8.42 Å². The first-order chi connectivity index (χ1) is 15.5. The van der Waals surface area contributed by atoms with Crippen LogP contribution in [-0.2, 0) is 22.9 Å². The third kappa shape index (κ3) is 4.02. The Balaban J connectivity index is 1.22. The molecule has 2 aromatic carbocycles. The Kier molecular flexibility index (Phi) is 5.37. The molecule has 0 aromatic heterocycles. The van der Waals surface area contributed by atoms with E-state index in [1.54, 1.807) is 4.31 Å². The molecule has 2 saturated heterocycles. The molecule has 0 spiro atoms. The SMILES string of the molecule is O=S(=O)(CC1CC1)N1CC(c2ccc3c(c2)C(Cc2cccc(Cl)c2)C(N2CCC2)C3)C1. The van der Waals surface area contributed by atoms with Crippen molar-refractivity contribution in [2.45, 2.75) is 50.0 Å². The topological polar surface area (TPSA) is 40.6 Å². The number of fused-ring (bicyclic) bond motifs is 1. The van der Waals surface area contributed by atoms with Gasteiger partial charge >= 0.3 is 0 Å². The van der Waals surface area contributed by atoms with E-state index < -0.39 is 10.0 Å². The molecule has 0 bridgehead atoms. The molecule has 6 rings (SSSR count). The number of rotatable bonds is 7. The maximum Gasteiger partial charge on any atom is 0.214 e. The fourth-order valence-corrected chi connectivity index (χ4v) is 7.92. The van der Waals surface area contributed by atoms with Gasteiger partial charge in [-0.2, -0.15) is 0 Å². The van der Waals surface area contributed by atoms with Crippen molar-refractivity contribution in [3.05, 3.63) is 69.7 Å². The molecule has 2 aliphatic carbocycles. The lowest BCUT2D eigenvalue weighted by Crippen LogP contribution is -2.49. The normalized spacial score (nSPS) is 26.5. The van der Waals surface area contributed by atoms with Crippen molar-refractivity contribution in [2.24, 2.45) is 5.92 Å². The molecule has 2 aromatic rings. The van der Waals surface area contributed by atoms with Gasteiger partial charge in [-0.05, 0) is 85.5 Å². The minimum absolute atomic E-state index is 0.323. The summed E-state index contributed by atoms with van der Waals surface area (Å²) in [5, 5.41) is 0.803. The van der Waals surface area contributed by atoms with E-state index in [0.29, 0.717) is 42.6 Å². The molecule has 3 fully saturated rings. The average Bonchev–Trinajstić information content (AvgIpc) is 3.40. The molecular formula is C26H31ClN2O2S. The van der Waals surface area contributed by atoms with Crippen LogP contribution in [0.4, 0.5) is 0 Å². The van der Waals surface area contributed by atoms with Gasteiger partial charge in [0.1, 0.15) is 0 Å². The second-order valence-electron chi connectivity index (χ2n) is 10.3. The number of benzene rings is 2. The van der Waals surface area contributed by atoms with Crippen LogP contribution in [0.5, 0.6) is 0 Å². The molecule has 2 unspecified atom stereocenters. The van der Waals surface area contributed by atoms with Crippen molar-refractivity contribution < 1.29 is 8.42 Å². The Labute approximate surface area is 196 Å². The van der Waals surface area contributed by atoms with E-state index in [1.165, 1.54) is 41.8 Å². The second kappa shape index (κ2) is 8.12. The van der Waals surface area contributed by atoms with E-state index in [-0.39, 0.29) is 0 Å². The van der Waals surface area contributed by atoms with Gasteiger partial charge in [0.25, 0.3) is 0 Å². The van der Waals surface area contributed by atoms with E-state index >= 15 is 0 Å². The highest BCUT2D eigenvalue weighted by Crippen LogP contribution is 2.43. The summed E-state index contributed by atoms with van der Waals surface area (Å²) in [6, 6.07) is 15.8. The number of halogens is 1. The zero-order valence-corrected chi connectivity index (χ0v) is 20.0. The predicted molar refractivity (Wildman–Crippen MR) is 129 cm³/mol. The first kappa shape index (κ1) is 21.2. The lowest BCUT2D eigenvalue weighted by molar-refractivity contribution is 0.106. The van der Waals surface area contributed by atoms with E-state index in [1.807, 2.05) is 12.1 Å². The smallest absolute Gasteiger partial charge is 0.214 e. The summed E-state index contributed by atoms with van der Waals surface area (Å²) in [5.41, 5.74) is 5.54. The van der Waals surface area contributed by atoms with E-state index in [2.05, 4.69) is 35.2 Å². The Bertz CT molecular complexity index is 1120. The maximum absolute atomic E-state index is 12.6. The van der Waals surface area contributed by atoms with Crippen molar-refractivity contribution in [2.75, 3.05) is 31.9 Å². The highest BCUT2D eigenvalue weighted by Gasteiger charge is 2.42. The highest BCUT2D eigenvalue weighted by molar-refractivity contribution is 7.89. The van der Waals surface area contributed by atoms with Crippen LogP contribution in [0.3, 0.4) is 0 Å². The molecule has 1 saturated carbocycles. The molecule has 2 aliphatic heterocycles. The standard InChI is InChI=1S/C26H31ClN2O2S/c27-23-4-1-3-19(11-23)12-25-24-13-20(7-8-21(24)14-26(25)28-9-2-10-28)22-15-29(16-22)32(30,31)17-18-5-6-18/h1,3-4,7-8,11,13,18,22,25-26H,2,5-6,9-10,12,14-17H2. The first-order valence-electron chi connectivity index (χ1n) is 12.1. The fraction of sp³-hybridized carbons (Fsp3) is 0.538. The Morgan fingerprint density at radius 3 is 2.53 bits per heavy atom. The molecule has 170 valence electrons. The summed E-state index contributed by atoms with van der Waals surface area (Å²) in [4.78, 5) is 2.64. The lowest BCUT2D eigenvalue weighted by atomic mass is 9.86. The highest BCUT2D eigenvalue weighted by atomic mass is 35.5. The largest absolute Gasteiger partial charge is 0.299 e. The minimum atomic E-state index is -3.07. The molecule has 2 atom stereocenters. The van der Waals surface area contributed by atoms with Crippen molar-refractivity contribution in [1.29, 1.82) is 0 Å². The average molecular weight is 471 g/mol. The van der Waals surface area contributed by atoms with Crippen molar-refractivity contribution in [1.82, 2.24) is 9.21 Å². The van der Waals surface area contributed by atoms with Crippen LogP contribution in [0.2, 0.25) is 5.02 Å². The quantitative estimate of drug-likeness (QED) is 0.600. The van der Waals surface area contributed by atoms with Crippen LogP contribution >= 0.6 is 11.6 Å². The first-order valence-corrected chi connectivity index (χ1v) is 14.0. The summed E-state index contributed by atoms with van der Waals surface area (Å²) in [6.45, 7) is 3.69. The summed E-state index contributed by atoms with van der Waals surface area (Å²) < 4.78 is 26.9. The minimum Gasteiger partial charge on any atom is -0.299 e. The summed E-state index contributed by atoms with van der Waals surface area (Å²) in [6.07, 6.45) is 5.58. The van der Waals surface area contributed by atoms with E-state index in [4.69, 9.17) is 11.6 Å². The third-order valence-corrected chi connectivity index (χ3v) is 10.2. The second-order valence-corrected chi connectivity index (χ2v) is 12.7. The molecule has 0 radical (unpaired) electrons. The van der Waals surface area contributed by atoms with Gasteiger partial charge in [0.2, 0.25) is 10.0 Å². The van der Waals surface area contributed by atoms with Gasteiger partial charge in [0.15, 0.2) is 0 Å². The fourth-order valence-electron chi connectivity index (χ4n) is 5.76.